The third kappa shape index (κ3) is 4.94. The molecule has 5 nitrogen and oxygen atoms in total. The summed E-state index contributed by atoms with van der Waals surface area (Å²) in [4.78, 5) is 2.31. The molecule has 3 rings (SSSR count). The van der Waals surface area contributed by atoms with E-state index in [1.54, 1.807) is 14.2 Å². The van der Waals surface area contributed by atoms with E-state index in [1.807, 2.05) is 42.5 Å². The maximum atomic E-state index is 13.5. The minimum atomic E-state index is -0.388. The highest BCUT2D eigenvalue weighted by molar-refractivity contribution is 5.52. The average Bonchev–Trinajstić information content (AvgIpc) is 2.77. The first kappa shape index (κ1) is 20.4. The van der Waals surface area contributed by atoms with Gasteiger partial charge in [0, 0.05) is 43.9 Å². The van der Waals surface area contributed by atoms with Gasteiger partial charge in [0.25, 0.3) is 0 Å². The fourth-order valence-corrected chi connectivity index (χ4v) is 3.63. The predicted molar refractivity (Wildman–Crippen MR) is 108 cm³/mol. The second-order valence-electron chi connectivity index (χ2n) is 6.80. The van der Waals surface area contributed by atoms with Crippen LogP contribution in [0.5, 0.6) is 17.2 Å². The van der Waals surface area contributed by atoms with Crippen LogP contribution in [0.1, 0.15) is 23.6 Å². The van der Waals surface area contributed by atoms with Gasteiger partial charge in [-0.25, -0.2) is 0 Å². The number of benzene rings is 2. The lowest BCUT2D eigenvalue weighted by molar-refractivity contribution is 0.152. The van der Waals surface area contributed by atoms with E-state index >= 15 is 0 Å². The number of nitrogens with zero attached hydrogens (tertiary/aromatic N) is 1. The second-order valence-corrected chi connectivity index (χ2v) is 6.80. The van der Waals surface area contributed by atoms with E-state index in [2.05, 4.69) is 10.2 Å². The Labute approximate surface area is 166 Å². The monoisotopic (exact) mass is 388 g/mol. The summed E-state index contributed by atoms with van der Waals surface area (Å²) in [7, 11) is 3.22. The number of piperazine rings is 1. The number of hydrogen-bond donors (Lipinski definition) is 1. The van der Waals surface area contributed by atoms with Gasteiger partial charge in [-0.1, -0.05) is 30.3 Å². The summed E-state index contributed by atoms with van der Waals surface area (Å²) in [5.41, 5.74) is 2.01. The smallest absolute Gasteiger partial charge is 0.164 e. The molecule has 1 fully saturated rings. The van der Waals surface area contributed by atoms with E-state index in [0.717, 1.165) is 37.3 Å². The third-order valence-corrected chi connectivity index (χ3v) is 5.09. The molecule has 28 heavy (non-hydrogen) atoms. The Bertz CT molecular complexity index is 736. The fraction of sp³-hybridized carbons (Fsp3) is 0.455. The van der Waals surface area contributed by atoms with Crippen LogP contribution >= 0.6 is 0 Å². The van der Waals surface area contributed by atoms with Crippen molar-refractivity contribution < 1.29 is 18.6 Å². The Morgan fingerprint density at radius 1 is 1.00 bits per heavy atom. The molecule has 1 atom stereocenters. The van der Waals surface area contributed by atoms with Gasteiger partial charge in [0.2, 0.25) is 0 Å². The number of ether oxygens (including phenoxy) is 3. The molecule has 0 unspecified atom stereocenters. The van der Waals surface area contributed by atoms with Gasteiger partial charge >= 0.3 is 0 Å². The van der Waals surface area contributed by atoms with E-state index < -0.39 is 0 Å². The molecule has 0 radical (unpaired) electrons. The van der Waals surface area contributed by atoms with Crippen LogP contribution in [0.2, 0.25) is 0 Å². The van der Waals surface area contributed by atoms with Gasteiger partial charge in [0.1, 0.15) is 12.4 Å². The molecule has 152 valence electrons. The quantitative estimate of drug-likeness (QED) is 0.711. The third-order valence-electron chi connectivity index (χ3n) is 5.09. The molecule has 1 heterocycles. The van der Waals surface area contributed by atoms with Gasteiger partial charge in [-0.3, -0.25) is 9.29 Å². The first-order valence-corrected chi connectivity index (χ1v) is 9.70. The van der Waals surface area contributed by atoms with Crippen molar-refractivity contribution in [1.29, 1.82) is 0 Å². The number of methoxy groups -OCH3 is 2. The topological polar surface area (TPSA) is 43.0 Å². The van der Waals surface area contributed by atoms with Crippen molar-refractivity contribution in [1.82, 2.24) is 10.2 Å². The molecule has 2 aromatic rings. The minimum Gasteiger partial charge on any atom is -0.493 e. The van der Waals surface area contributed by atoms with Crippen LogP contribution in [0, 0.1) is 0 Å². The zero-order chi connectivity index (χ0) is 19.8. The molecule has 1 saturated heterocycles. The van der Waals surface area contributed by atoms with Gasteiger partial charge < -0.3 is 19.5 Å². The summed E-state index contributed by atoms with van der Waals surface area (Å²) in [6.07, 6.45) is 0.414. The molecule has 0 amide bonds. The lowest BCUT2D eigenvalue weighted by Gasteiger charge is -2.35. The highest BCUT2D eigenvalue weighted by Crippen LogP contribution is 2.41. The van der Waals surface area contributed by atoms with Crippen LogP contribution in [0.3, 0.4) is 0 Å². The Morgan fingerprint density at radius 2 is 1.68 bits per heavy atom. The Balaban J connectivity index is 1.94. The SMILES string of the molecule is COc1cc(OCc2ccccc2)c([C@@H](CCF)N2CCNCC2)cc1OC. The first-order chi connectivity index (χ1) is 13.8. The Hall–Kier alpha value is -2.31. The number of nitrogens with one attached hydrogen (secondary N) is 1. The molecule has 1 N–H and O–H groups in total. The molecule has 0 bridgehead atoms. The second kappa shape index (κ2) is 10.3. The van der Waals surface area contributed by atoms with E-state index in [9.17, 15) is 4.39 Å². The van der Waals surface area contributed by atoms with E-state index in [4.69, 9.17) is 14.2 Å². The molecule has 1 aliphatic rings. The molecular weight excluding hydrogens is 359 g/mol. The van der Waals surface area contributed by atoms with Gasteiger partial charge in [0.15, 0.2) is 11.5 Å². The molecule has 6 heteroatoms. The lowest BCUT2D eigenvalue weighted by Crippen LogP contribution is -2.45. The normalized spacial score (nSPS) is 15.8. The summed E-state index contributed by atoms with van der Waals surface area (Å²) in [5, 5.41) is 3.35. The molecule has 1 aliphatic heterocycles. The van der Waals surface area contributed by atoms with Crippen molar-refractivity contribution in [3.05, 3.63) is 53.6 Å². The van der Waals surface area contributed by atoms with Gasteiger partial charge in [-0.05, 0) is 18.1 Å². The molecule has 0 saturated carbocycles. The minimum absolute atomic E-state index is 0.0716. The zero-order valence-corrected chi connectivity index (χ0v) is 16.6. The standard InChI is InChI=1S/C22H29FN2O3/c1-26-21-14-18(19(8-9-23)25-12-10-24-11-13-25)20(15-22(21)27-2)28-16-17-6-4-3-5-7-17/h3-7,14-15,19,24H,8-13,16H2,1-2H3/t19-/m1/s1. The van der Waals surface area contributed by atoms with Crippen LogP contribution < -0.4 is 19.5 Å². The lowest BCUT2D eigenvalue weighted by atomic mass is 9.99. The highest BCUT2D eigenvalue weighted by atomic mass is 19.1. The molecule has 2 aromatic carbocycles. The first-order valence-electron chi connectivity index (χ1n) is 9.70. The van der Waals surface area contributed by atoms with E-state index in [1.165, 1.54) is 0 Å². The Kier molecular flexibility index (Phi) is 7.51. The Morgan fingerprint density at radius 3 is 2.32 bits per heavy atom. The molecule has 0 spiro atoms. The van der Waals surface area contributed by atoms with Crippen LogP contribution in [-0.2, 0) is 6.61 Å². The predicted octanol–water partition coefficient (Wildman–Crippen LogP) is 3.59. The van der Waals surface area contributed by atoms with Crippen molar-refractivity contribution in [3.63, 3.8) is 0 Å². The van der Waals surface area contributed by atoms with E-state index in [0.29, 0.717) is 30.3 Å². The van der Waals surface area contributed by atoms with Crippen LogP contribution in [0.15, 0.2) is 42.5 Å². The molecule has 0 aliphatic carbocycles. The summed E-state index contributed by atoms with van der Waals surface area (Å²) < 4.78 is 30.6. The number of alkyl halides is 1. The average molecular weight is 388 g/mol. The fourth-order valence-electron chi connectivity index (χ4n) is 3.63. The van der Waals surface area contributed by atoms with Crippen LogP contribution in [-0.4, -0.2) is 52.0 Å². The summed E-state index contributed by atoms with van der Waals surface area (Å²) in [5.74, 6) is 1.94. The number of rotatable bonds is 9. The van der Waals surface area contributed by atoms with E-state index in [-0.39, 0.29) is 12.7 Å². The van der Waals surface area contributed by atoms with Crippen molar-refractivity contribution in [2.45, 2.75) is 19.1 Å². The summed E-state index contributed by atoms with van der Waals surface area (Å²) in [6, 6.07) is 13.7. The van der Waals surface area contributed by atoms with Gasteiger partial charge in [0.05, 0.1) is 20.9 Å². The number of halogens is 1. The zero-order valence-electron chi connectivity index (χ0n) is 16.6. The van der Waals surface area contributed by atoms with Gasteiger partial charge in [-0.15, -0.1) is 0 Å². The largest absolute Gasteiger partial charge is 0.493 e. The molecular formula is C22H29FN2O3. The number of hydrogen-bond acceptors (Lipinski definition) is 5. The van der Waals surface area contributed by atoms with Crippen molar-refractivity contribution in [2.75, 3.05) is 47.1 Å². The maximum Gasteiger partial charge on any atom is 0.164 e. The van der Waals surface area contributed by atoms with Crippen LogP contribution in [0.25, 0.3) is 0 Å². The summed E-state index contributed by atoms with van der Waals surface area (Å²) >= 11 is 0. The summed E-state index contributed by atoms with van der Waals surface area (Å²) in [6.45, 7) is 3.59. The van der Waals surface area contributed by atoms with Crippen molar-refractivity contribution in [2.24, 2.45) is 0 Å². The highest BCUT2D eigenvalue weighted by Gasteiger charge is 2.27. The maximum absolute atomic E-state index is 13.5. The van der Waals surface area contributed by atoms with Gasteiger partial charge in [-0.2, -0.15) is 0 Å². The molecule has 0 aromatic heterocycles. The van der Waals surface area contributed by atoms with Crippen LogP contribution in [0.4, 0.5) is 4.39 Å². The van der Waals surface area contributed by atoms with Crippen molar-refractivity contribution in [3.8, 4) is 17.2 Å². The van der Waals surface area contributed by atoms with Crippen molar-refractivity contribution >= 4 is 0 Å².